The Balaban J connectivity index is 1.11. The van der Waals surface area contributed by atoms with Gasteiger partial charge in [0.1, 0.15) is 28.9 Å². The number of hydrogen-bond donors (Lipinski definition) is 0. The molecule has 1 saturated heterocycles. The summed E-state index contributed by atoms with van der Waals surface area (Å²) in [6.07, 6.45) is 0. The Morgan fingerprint density at radius 3 is 2.53 bits per heavy atom. The second-order valence-corrected chi connectivity index (χ2v) is 8.95. The molecule has 2 aromatic heterocycles. The van der Waals surface area contributed by atoms with Crippen LogP contribution in [0.4, 0.5) is 4.39 Å². The number of amides is 1. The number of furan rings is 1. The summed E-state index contributed by atoms with van der Waals surface area (Å²) >= 11 is 1.66. The first kappa shape index (κ1) is 22.3. The molecule has 174 valence electrons. The minimum absolute atomic E-state index is 0.118. The third-order valence-electron chi connectivity index (χ3n) is 5.68. The topological polar surface area (TPSA) is 58.8 Å². The Hall–Kier alpha value is -3.49. The fourth-order valence-electron chi connectivity index (χ4n) is 3.84. The number of ether oxygens (including phenoxy) is 1. The van der Waals surface area contributed by atoms with Gasteiger partial charge in [0, 0.05) is 43.7 Å². The minimum Gasteiger partial charge on any atom is -0.486 e. The predicted molar refractivity (Wildman–Crippen MR) is 128 cm³/mol. The summed E-state index contributed by atoms with van der Waals surface area (Å²) in [7, 11) is 0. The van der Waals surface area contributed by atoms with Gasteiger partial charge in [-0.3, -0.25) is 9.69 Å². The molecular formula is C26H24FN3O3S. The van der Waals surface area contributed by atoms with Gasteiger partial charge in [-0.25, -0.2) is 9.37 Å². The van der Waals surface area contributed by atoms with Gasteiger partial charge in [0.15, 0.2) is 5.76 Å². The van der Waals surface area contributed by atoms with Gasteiger partial charge in [-0.15, -0.1) is 11.3 Å². The van der Waals surface area contributed by atoms with Gasteiger partial charge < -0.3 is 14.1 Å². The molecule has 8 heteroatoms. The molecule has 1 aliphatic heterocycles. The van der Waals surface area contributed by atoms with Crippen LogP contribution in [-0.2, 0) is 13.2 Å². The molecule has 1 aliphatic rings. The van der Waals surface area contributed by atoms with Crippen molar-refractivity contribution >= 4 is 17.2 Å². The lowest BCUT2D eigenvalue weighted by molar-refractivity contribution is 0.0593. The molecule has 0 radical (unpaired) electrons. The summed E-state index contributed by atoms with van der Waals surface area (Å²) in [5, 5.41) is 3.14. The van der Waals surface area contributed by atoms with E-state index in [4.69, 9.17) is 14.1 Å². The summed E-state index contributed by atoms with van der Waals surface area (Å²) in [5.74, 6) is 0.953. The molecular weight excluding hydrogens is 453 g/mol. The third-order valence-corrected chi connectivity index (χ3v) is 6.62. The van der Waals surface area contributed by atoms with Crippen molar-refractivity contribution in [2.45, 2.75) is 13.2 Å². The van der Waals surface area contributed by atoms with Gasteiger partial charge in [0.2, 0.25) is 0 Å². The number of carbonyl (C=O) groups excluding carboxylic acids is 1. The van der Waals surface area contributed by atoms with Crippen molar-refractivity contribution in [2.24, 2.45) is 0 Å². The zero-order valence-corrected chi connectivity index (χ0v) is 19.3. The monoisotopic (exact) mass is 477 g/mol. The van der Waals surface area contributed by atoms with Crippen molar-refractivity contribution in [1.29, 1.82) is 0 Å². The van der Waals surface area contributed by atoms with E-state index in [-0.39, 0.29) is 18.3 Å². The molecule has 2 aromatic carbocycles. The highest BCUT2D eigenvalue weighted by atomic mass is 32.1. The van der Waals surface area contributed by atoms with Crippen LogP contribution in [0.3, 0.4) is 0 Å². The van der Waals surface area contributed by atoms with Crippen molar-refractivity contribution < 1.29 is 18.3 Å². The number of aromatic nitrogens is 1. The number of carbonyl (C=O) groups is 1. The maximum Gasteiger partial charge on any atom is 0.289 e. The van der Waals surface area contributed by atoms with E-state index in [9.17, 15) is 9.18 Å². The van der Waals surface area contributed by atoms with Crippen LogP contribution in [-0.4, -0.2) is 46.9 Å². The maximum atomic E-state index is 13.0. The average molecular weight is 478 g/mol. The second kappa shape index (κ2) is 10.2. The number of piperazine rings is 1. The lowest BCUT2D eigenvalue weighted by Gasteiger charge is -2.33. The van der Waals surface area contributed by atoms with Crippen LogP contribution in [0.5, 0.6) is 5.75 Å². The molecule has 0 bridgehead atoms. The average Bonchev–Trinajstić information content (AvgIpc) is 3.54. The number of halogens is 1. The van der Waals surface area contributed by atoms with E-state index in [1.54, 1.807) is 35.6 Å². The number of nitrogens with zero attached hydrogens (tertiary/aromatic N) is 3. The van der Waals surface area contributed by atoms with E-state index in [1.165, 1.54) is 12.1 Å². The first-order valence-corrected chi connectivity index (χ1v) is 12.0. The molecule has 1 amide bonds. The molecule has 0 N–H and O–H groups in total. The van der Waals surface area contributed by atoms with Crippen LogP contribution < -0.4 is 4.74 Å². The molecule has 0 aliphatic carbocycles. The molecule has 34 heavy (non-hydrogen) atoms. The van der Waals surface area contributed by atoms with Crippen molar-refractivity contribution in [3.05, 3.63) is 95.1 Å². The Bertz CT molecular complexity index is 1230. The normalized spacial score (nSPS) is 14.3. The minimum atomic E-state index is -0.318. The first-order valence-electron chi connectivity index (χ1n) is 11.1. The van der Waals surface area contributed by atoms with Crippen LogP contribution in [0, 0.1) is 5.82 Å². The summed E-state index contributed by atoms with van der Waals surface area (Å²) in [6, 6.07) is 19.4. The summed E-state index contributed by atoms with van der Waals surface area (Å²) in [6.45, 7) is 3.78. The fraction of sp³-hybridized carbons (Fsp3) is 0.231. The molecule has 0 atom stereocenters. The zero-order valence-electron chi connectivity index (χ0n) is 18.5. The van der Waals surface area contributed by atoms with Crippen molar-refractivity contribution in [3.8, 4) is 16.3 Å². The number of rotatable bonds is 7. The quantitative estimate of drug-likeness (QED) is 0.372. The second-order valence-electron chi connectivity index (χ2n) is 8.09. The molecule has 3 heterocycles. The van der Waals surface area contributed by atoms with Crippen molar-refractivity contribution in [1.82, 2.24) is 14.8 Å². The zero-order chi connectivity index (χ0) is 23.3. The number of benzene rings is 2. The van der Waals surface area contributed by atoms with Gasteiger partial charge in [0.05, 0.1) is 5.69 Å². The Morgan fingerprint density at radius 1 is 1.00 bits per heavy atom. The molecule has 0 spiro atoms. The Labute approximate surface area is 201 Å². The number of thiazole rings is 1. The van der Waals surface area contributed by atoms with E-state index in [2.05, 4.69) is 22.4 Å². The summed E-state index contributed by atoms with van der Waals surface area (Å²) in [5.41, 5.74) is 2.19. The standard InChI is InChI=1S/C26H24FN3O3S/c27-20-6-8-22(9-7-20)32-17-23-10-11-24(33-23)26(31)30-14-12-29(13-15-30)16-21-18-34-25(28-21)19-4-2-1-3-5-19/h1-11,18H,12-17H2. The van der Waals surface area contributed by atoms with E-state index in [0.717, 1.165) is 35.9 Å². The highest BCUT2D eigenvalue weighted by Gasteiger charge is 2.25. The van der Waals surface area contributed by atoms with E-state index < -0.39 is 0 Å². The van der Waals surface area contributed by atoms with Crippen LogP contribution >= 0.6 is 11.3 Å². The van der Waals surface area contributed by atoms with E-state index in [0.29, 0.717) is 30.4 Å². The molecule has 6 nitrogen and oxygen atoms in total. The van der Waals surface area contributed by atoms with E-state index in [1.807, 2.05) is 23.1 Å². The predicted octanol–water partition coefficient (Wildman–Crippen LogP) is 5.08. The molecule has 0 saturated carbocycles. The molecule has 0 unspecified atom stereocenters. The largest absolute Gasteiger partial charge is 0.486 e. The van der Waals surface area contributed by atoms with Crippen LogP contribution in [0.1, 0.15) is 22.0 Å². The highest BCUT2D eigenvalue weighted by Crippen LogP contribution is 2.24. The smallest absolute Gasteiger partial charge is 0.289 e. The lowest BCUT2D eigenvalue weighted by Crippen LogP contribution is -2.48. The van der Waals surface area contributed by atoms with Crippen LogP contribution in [0.15, 0.2) is 76.5 Å². The Kier molecular flexibility index (Phi) is 6.69. The summed E-state index contributed by atoms with van der Waals surface area (Å²) < 4.78 is 24.3. The van der Waals surface area contributed by atoms with Crippen LogP contribution in [0.25, 0.3) is 10.6 Å². The van der Waals surface area contributed by atoms with Crippen molar-refractivity contribution in [3.63, 3.8) is 0 Å². The van der Waals surface area contributed by atoms with Gasteiger partial charge in [-0.2, -0.15) is 0 Å². The maximum absolute atomic E-state index is 13.0. The van der Waals surface area contributed by atoms with Gasteiger partial charge in [-0.1, -0.05) is 30.3 Å². The Morgan fingerprint density at radius 2 is 1.76 bits per heavy atom. The van der Waals surface area contributed by atoms with Gasteiger partial charge >= 0.3 is 0 Å². The lowest BCUT2D eigenvalue weighted by atomic mass is 10.2. The van der Waals surface area contributed by atoms with E-state index >= 15 is 0 Å². The van der Waals surface area contributed by atoms with Gasteiger partial charge in [0.25, 0.3) is 5.91 Å². The van der Waals surface area contributed by atoms with Crippen molar-refractivity contribution in [2.75, 3.05) is 26.2 Å². The van der Waals surface area contributed by atoms with Crippen LogP contribution in [0.2, 0.25) is 0 Å². The fourth-order valence-corrected chi connectivity index (χ4v) is 4.66. The SMILES string of the molecule is O=C(c1ccc(COc2ccc(F)cc2)o1)N1CCN(Cc2csc(-c3ccccc3)n2)CC1. The van der Waals surface area contributed by atoms with Gasteiger partial charge in [-0.05, 0) is 36.4 Å². The highest BCUT2D eigenvalue weighted by molar-refractivity contribution is 7.13. The molecule has 4 aromatic rings. The first-order chi connectivity index (χ1) is 16.6. The molecule has 1 fully saturated rings. The number of hydrogen-bond acceptors (Lipinski definition) is 6. The third kappa shape index (κ3) is 5.35. The molecule has 5 rings (SSSR count). The summed E-state index contributed by atoms with van der Waals surface area (Å²) in [4.78, 5) is 21.8.